The minimum atomic E-state index is 0.659. The van der Waals surface area contributed by atoms with E-state index >= 15 is 0 Å². The van der Waals surface area contributed by atoms with Gasteiger partial charge in [-0.25, -0.2) is 0 Å². The van der Waals surface area contributed by atoms with Crippen molar-refractivity contribution in [2.24, 2.45) is 11.8 Å². The van der Waals surface area contributed by atoms with Crippen LogP contribution < -0.4 is 5.32 Å². The molecule has 0 radical (unpaired) electrons. The van der Waals surface area contributed by atoms with Crippen LogP contribution in [0.25, 0.3) is 0 Å². The monoisotopic (exact) mass is 296 g/mol. The molecule has 2 fully saturated rings. The number of nitrogens with zero attached hydrogens (tertiary/aromatic N) is 1. The fourth-order valence-corrected chi connectivity index (χ4v) is 3.93. The first-order valence-corrected chi connectivity index (χ1v) is 9.25. The summed E-state index contributed by atoms with van der Waals surface area (Å²) in [6.45, 7) is 12.4. The molecule has 124 valence electrons. The molecule has 1 aliphatic carbocycles. The highest BCUT2D eigenvalue weighted by molar-refractivity contribution is 4.85. The van der Waals surface area contributed by atoms with Crippen molar-refractivity contribution >= 4 is 0 Å². The third-order valence-electron chi connectivity index (χ3n) is 5.24. The highest BCUT2D eigenvalue weighted by atomic mass is 16.5. The van der Waals surface area contributed by atoms with Crippen LogP contribution in [0, 0.1) is 11.8 Å². The highest BCUT2D eigenvalue weighted by Gasteiger charge is 2.30. The molecule has 2 rings (SSSR count). The van der Waals surface area contributed by atoms with Crippen molar-refractivity contribution < 1.29 is 4.74 Å². The smallest absolute Gasteiger partial charge is 0.0521 e. The number of ether oxygens (including phenoxy) is 1. The minimum absolute atomic E-state index is 0.659. The van der Waals surface area contributed by atoms with Crippen molar-refractivity contribution in [3.63, 3.8) is 0 Å². The van der Waals surface area contributed by atoms with Crippen molar-refractivity contribution in [1.29, 1.82) is 0 Å². The summed E-state index contributed by atoms with van der Waals surface area (Å²) in [5.41, 5.74) is 0. The normalized spacial score (nSPS) is 27.9. The van der Waals surface area contributed by atoms with Gasteiger partial charge >= 0.3 is 0 Å². The lowest BCUT2D eigenvalue weighted by atomic mass is 9.94. The molecule has 0 aromatic heterocycles. The van der Waals surface area contributed by atoms with Gasteiger partial charge < -0.3 is 10.1 Å². The molecule has 1 saturated carbocycles. The molecule has 3 nitrogen and oxygen atoms in total. The molecule has 2 atom stereocenters. The predicted octanol–water partition coefficient (Wildman–Crippen LogP) is 3.29. The number of hydrogen-bond acceptors (Lipinski definition) is 3. The number of hydrogen-bond donors (Lipinski definition) is 1. The Kier molecular flexibility index (Phi) is 7.48. The first kappa shape index (κ1) is 17.2. The van der Waals surface area contributed by atoms with E-state index in [9.17, 15) is 0 Å². The molecule has 1 heterocycles. The van der Waals surface area contributed by atoms with Crippen LogP contribution in [0.3, 0.4) is 0 Å². The van der Waals surface area contributed by atoms with Crippen LogP contribution in [0.4, 0.5) is 0 Å². The Morgan fingerprint density at radius 3 is 2.62 bits per heavy atom. The highest BCUT2D eigenvalue weighted by Crippen LogP contribution is 2.26. The van der Waals surface area contributed by atoms with E-state index in [0.29, 0.717) is 12.0 Å². The maximum Gasteiger partial charge on any atom is 0.0521 e. The van der Waals surface area contributed by atoms with E-state index in [4.69, 9.17) is 4.74 Å². The van der Waals surface area contributed by atoms with E-state index in [2.05, 4.69) is 31.0 Å². The van der Waals surface area contributed by atoms with Crippen LogP contribution in [-0.2, 0) is 4.74 Å². The summed E-state index contributed by atoms with van der Waals surface area (Å²) in [5, 5.41) is 3.69. The van der Waals surface area contributed by atoms with Gasteiger partial charge in [-0.3, -0.25) is 4.90 Å². The van der Waals surface area contributed by atoms with Crippen molar-refractivity contribution in [3.05, 3.63) is 0 Å². The lowest BCUT2D eigenvalue weighted by molar-refractivity contribution is 0.00983. The fraction of sp³-hybridized carbons (Fsp3) is 1.00. The van der Waals surface area contributed by atoms with Crippen LogP contribution in [-0.4, -0.2) is 49.8 Å². The van der Waals surface area contributed by atoms with Gasteiger partial charge in [-0.15, -0.1) is 0 Å². The van der Waals surface area contributed by atoms with Crippen molar-refractivity contribution in [2.45, 2.75) is 71.4 Å². The minimum Gasteiger partial charge on any atom is -0.381 e. The van der Waals surface area contributed by atoms with E-state index in [1.165, 1.54) is 51.6 Å². The molecule has 0 spiro atoms. The first-order chi connectivity index (χ1) is 10.2. The third-order valence-corrected chi connectivity index (χ3v) is 5.24. The van der Waals surface area contributed by atoms with Crippen molar-refractivity contribution in [3.8, 4) is 0 Å². The molecule has 2 aliphatic rings. The lowest BCUT2D eigenvalue weighted by Crippen LogP contribution is -2.49. The summed E-state index contributed by atoms with van der Waals surface area (Å²) in [7, 11) is 0. The van der Waals surface area contributed by atoms with Crippen molar-refractivity contribution in [2.75, 3.05) is 32.8 Å². The maximum absolute atomic E-state index is 5.78. The molecule has 0 bridgehead atoms. The van der Waals surface area contributed by atoms with Gasteiger partial charge in [0.2, 0.25) is 0 Å². The quantitative estimate of drug-likeness (QED) is 0.744. The van der Waals surface area contributed by atoms with Crippen LogP contribution in [0.1, 0.15) is 59.3 Å². The van der Waals surface area contributed by atoms with Gasteiger partial charge in [0.1, 0.15) is 0 Å². The van der Waals surface area contributed by atoms with Gasteiger partial charge in [0, 0.05) is 31.2 Å². The zero-order valence-corrected chi connectivity index (χ0v) is 14.4. The number of nitrogens with one attached hydrogen (secondary N) is 1. The maximum atomic E-state index is 5.78. The topological polar surface area (TPSA) is 24.5 Å². The average molecular weight is 296 g/mol. The third kappa shape index (κ3) is 5.54. The summed E-state index contributed by atoms with van der Waals surface area (Å²) < 4.78 is 5.78. The van der Waals surface area contributed by atoms with Gasteiger partial charge in [-0.2, -0.15) is 0 Å². The van der Waals surface area contributed by atoms with Crippen molar-refractivity contribution in [1.82, 2.24) is 10.2 Å². The molecule has 2 unspecified atom stereocenters. The van der Waals surface area contributed by atoms with Crippen LogP contribution in [0.15, 0.2) is 0 Å². The van der Waals surface area contributed by atoms with E-state index < -0.39 is 0 Å². The zero-order chi connectivity index (χ0) is 15.1. The Morgan fingerprint density at radius 2 is 1.95 bits per heavy atom. The van der Waals surface area contributed by atoms with Gasteiger partial charge in [-0.05, 0) is 44.7 Å². The molecule has 21 heavy (non-hydrogen) atoms. The van der Waals surface area contributed by atoms with E-state index in [1.54, 1.807) is 0 Å². The summed E-state index contributed by atoms with van der Waals surface area (Å²) in [4.78, 5) is 2.80. The zero-order valence-electron chi connectivity index (χ0n) is 14.4. The van der Waals surface area contributed by atoms with Gasteiger partial charge in [0.05, 0.1) is 6.61 Å². The van der Waals surface area contributed by atoms with E-state index in [0.717, 1.165) is 31.7 Å². The largest absolute Gasteiger partial charge is 0.381 e. The first-order valence-electron chi connectivity index (χ1n) is 9.25. The summed E-state index contributed by atoms with van der Waals surface area (Å²) in [6, 6.07) is 1.50. The van der Waals surface area contributed by atoms with Crippen LogP contribution in [0.2, 0.25) is 0 Å². The Balaban J connectivity index is 1.91. The second kappa shape index (κ2) is 9.12. The molecule has 0 amide bonds. The fourth-order valence-electron chi connectivity index (χ4n) is 3.93. The predicted molar refractivity (Wildman–Crippen MR) is 89.7 cm³/mol. The average Bonchev–Trinajstić information content (AvgIpc) is 2.99. The molecular formula is C18H36N2O. The van der Waals surface area contributed by atoms with E-state index in [-0.39, 0.29) is 0 Å². The van der Waals surface area contributed by atoms with Gasteiger partial charge in [-0.1, -0.05) is 33.6 Å². The van der Waals surface area contributed by atoms with Gasteiger partial charge in [0.25, 0.3) is 0 Å². The SMILES string of the molecule is CCNC1CCOCC1CN(CCC(C)C)C1CCCC1. The molecule has 1 N–H and O–H groups in total. The molecule has 1 aliphatic heterocycles. The standard InChI is InChI=1S/C18H36N2O/c1-4-19-18-10-12-21-14-16(18)13-20(11-9-15(2)3)17-7-5-6-8-17/h15-19H,4-14H2,1-3H3. The Morgan fingerprint density at radius 1 is 1.19 bits per heavy atom. The second-order valence-corrected chi connectivity index (χ2v) is 7.40. The summed E-state index contributed by atoms with van der Waals surface area (Å²) >= 11 is 0. The second-order valence-electron chi connectivity index (χ2n) is 7.40. The summed E-state index contributed by atoms with van der Waals surface area (Å²) in [6.07, 6.45) is 8.20. The number of rotatable bonds is 8. The molecule has 1 saturated heterocycles. The lowest BCUT2D eigenvalue weighted by Gasteiger charge is -2.38. The van der Waals surface area contributed by atoms with E-state index in [1.807, 2.05) is 0 Å². The molecular weight excluding hydrogens is 260 g/mol. The molecule has 0 aromatic carbocycles. The Hall–Kier alpha value is -0.120. The van der Waals surface area contributed by atoms with Gasteiger partial charge in [0.15, 0.2) is 0 Å². The van der Waals surface area contributed by atoms with Crippen LogP contribution in [0.5, 0.6) is 0 Å². The molecule has 3 heteroatoms. The Labute approximate surface area is 131 Å². The molecule has 0 aromatic rings. The Bertz CT molecular complexity index is 274. The van der Waals surface area contributed by atoms with Crippen LogP contribution >= 0.6 is 0 Å². The summed E-state index contributed by atoms with van der Waals surface area (Å²) in [5.74, 6) is 1.48.